The number of likely N-dealkylation sites (N-methyl/N-ethyl adjacent to an activating group) is 1. The minimum atomic E-state index is -1.52. The molecule has 300 valence electrons. The van der Waals surface area contributed by atoms with Crippen molar-refractivity contribution in [3.63, 3.8) is 0 Å². The molecule has 4 aromatic rings. The molecule has 4 amide bonds. The van der Waals surface area contributed by atoms with E-state index < -0.39 is 36.4 Å². The van der Waals surface area contributed by atoms with E-state index >= 15 is 0 Å². The summed E-state index contributed by atoms with van der Waals surface area (Å²) in [5.74, 6) is -0.948. The van der Waals surface area contributed by atoms with Crippen molar-refractivity contribution in [2.45, 2.75) is 89.6 Å². The molecule has 0 spiro atoms. The number of nitrogens with one attached hydrogen (secondary N) is 4. The molecule has 6 rings (SSSR count). The number of hydrogen-bond acceptors (Lipinski definition) is 11. The largest absolute Gasteiger partial charge is 0.387 e. The third kappa shape index (κ3) is 9.10. The molecule has 4 heterocycles. The molecule has 2 aliphatic rings. The predicted molar refractivity (Wildman–Crippen MR) is 211 cm³/mol. The van der Waals surface area contributed by atoms with Crippen molar-refractivity contribution < 1.29 is 29.3 Å². The van der Waals surface area contributed by atoms with Gasteiger partial charge < -0.3 is 41.1 Å². The number of aliphatic hydroxyl groups excluding tert-OH is 2. The molecule has 2 aliphatic heterocycles. The van der Waals surface area contributed by atoms with E-state index in [0.717, 1.165) is 17.7 Å². The number of anilines is 1. The van der Waals surface area contributed by atoms with Crippen LogP contribution in [-0.2, 0) is 9.53 Å². The maximum Gasteiger partial charge on any atom is 0.315 e. The Morgan fingerprint density at radius 3 is 2.21 bits per heavy atom. The van der Waals surface area contributed by atoms with Gasteiger partial charge in [-0.1, -0.05) is 60.7 Å². The lowest BCUT2D eigenvalue weighted by atomic mass is 9.91. The predicted octanol–water partition coefficient (Wildman–Crippen LogP) is 2.46. The number of ether oxygens (including phenoxy) is 1. The number of urea groups is 1. The fourth-order valence-electron chi connectivity index (χ4n) is 7.55. The third-order valence-corrected chi connectivity index (χ3v) is 10.4. The average molecular weight is 771 g/mol. The fraction of sp³-hybridized carbons (Fsp3) is 0.500. The highest BCUT2D eigenvalue weighted by Gasteiger charge is 2.48. The van der Waals surface area contributed by atoms with Gasteiger partial charge in [0, 0.05) is 63.3 Å². The van der Waals surface area contributed by atoms with E-state index in [1.54, 1.807) is 11.8 Å². The zero-order valence-corrected chi connectivity index (χ0v) is 32.6. The molecular formula is C40H54N10O6. The normalized spacial score (nSPS) is 21.1. The van der Waals surface area contributed by atoms with E-state index in [1.165, 1.54) is 10.9 Å². The van der Waals surface area contributed by atoms with Crippen LogP contribution in [0.4, 0.5) is 10.6 Å². The minimum absolute atomic E-state index is 0.0907. The van der Waals surface area contributed by atoms with Crippen molar-refractivity contribution in [3.8, 4) is 0 Å². The van der Waals surface area contributed by atoms with Gasteiger partial charge in [-0.2, -0.15) is 0 Å². The van der Waals surface area contributed by atoms with Crippen LogP contribution in [0.2, 0.25) is 0 Å². The number of fused-ring (bicyclic) bond motifs is 1. The number of likely N-dealkylation sites (tertiary alicyclic amines) is 1. The molecule has 0 radical (unpaired) electrons. The van der Waals surface area contributed by atoms with Crippen LogP contribution in [0.3, 0.4) is 0 Å². The second-order valence-corrected chi connectivity index (χ2v) is 14.9. The van der Waals surface area contributed by atoms with Crippen LogP contribution in [0.25, 0.3) is 11.2 Å². The van der Waals surface area contributed by atoms with Crippen LogP contribution >= 0.6 is 0 Å². The van der Waals surface area contributed by atoms with Gasteiger partial charge >= 0.3 is 6.03 Å². The van der Waals surface area contributed by atoms with Gasteiger partial charge in [-0.3, -0.25) is 19.1 Å². The molecule has 6 N–H and O–H groups in total. The zero-order chi connectivity index (χ0) is 39.9. The molecule has 16 nitrogen and oxygen atoms in total. The molecule has 2 aromatic carbocycles. The Labute approximate surface area is 327 Å². The number of benzene rings is 2. The summed E-state index contributed by atoms with van der Waals surface area (Å²) in [5.41, 5.74) is 2.62. The second-order valence-electron chi connectivity index (χ2n) is 14.9. The molecule has 2 saturated heterocycles. The first-order valence-electron chi connectivity index (χ1n) is 19.4. The van der Waals surface area contributed by atoms with E-state index in [2.05, 4.69) is 88.1 Å². The highest BCUT2D eigenvalue weighted by Crippen LogP contribution is 2.33. The van der Waals surface area contributed by atoms with Crippen molar-refractivity contribution >= 4 is 34.8 Å². The van der Waals surface area contributed by atoms with Gasteiger partial charge in [0.15, 0.2) is 29.3 Å². The summed E-state index contributed by atoms with van der Waals surface area (Å²) in [6.07, 6.45) is -3.64. The molecule has 56 heavy (non-hydrogen) atoms. The lowest BCUT2D eigenvalue weighted by Gasteiger charge is -2.30. The summed E-state index contributed by atoms with van der Waals surface area (Å²) in [5, 5.41) is 33.9. The number of carbonyl (C=O) groups excluding carboxylic acids is 3. The van der Waals surface area contributed by atoms with Gasteiger partial charge in [0.1, 0.15) is 12.2 Å². The van der Waals surface area contributed by atoms with E-state index in [0.29, 0.717) is 50.2 Å². The highest BCUT2D eigenvalue weighted by atomic mass is 16.6. The van der Waals surface area contributed by atoms with Crippen LogP contribution in [0.15, 0.2) is 67.0 Å². The van der Waals surface area contributed by atoms with Gasteiger partial charge in [0.05, 0.1) is 6.33 Å². The molecular weight excluding hydrogens is 717 g/mol. The molecule has 16 heteroatoms. The van der Waals surface area contributed by atoms with Gasteiger partial charge in [-0.05, 0) is 52.2 Å². The number of imidazole rings is 1. The van der Waals surface area contributed by atoms with E-state index in [4.69, 9.17) is 9.72 Å². The van der Waals surface area contributed by atoms with Crippen LogP contribution in [0.5, 0.6) is 0 Å². The average Bonchev–Trinajstić information content (AvgIpc) is 3.91. The molecule has 5 atom stereocenters. The van der Waals surface area contributed by atoms with Gasteiger partial charge in [0.2, 0.25) is 5.82 Å². The topological polar surface area (TPSA) is 199 Å². The van der Waals surface area contributed by atoms with E-state index in [1.807, 2.05) is 36.4 Å². The molecule has 0 saturated carbocycles. The maximum absolute atomic E-state index is 14.2. The van der Waals surface area contributed by atoms with Crippen LogP contribution < -0.4 is 21.3 Å². The SMILES string of the molecule is CCNC(=O)[C@H]1O[C@@H](n2cnc3c(NCC(c4ccccc4)c4ccccc4)nc(C(=O)N4CCC(NC(=O)NCCN(C(C)C)C(C)C)C4)nc32)[C@H](O)[C@@H]1O. The number of carbonyl (C=O) groups is 3. The number of aliphatic hydroxyl groups is 2. The first-order valence-corrected chi connectivity index (χ1v) is 19.4. The Morgan fingerprint density at radius 1 is 0.929 bits per heavy atom. The number of rotatable bonds is 15. The first-order chi connectivity index (χ1) is 27.0. The maximum atomic E-state index is 14.2. The summed E-state index contributed by atoms with van der Waals surface area (Å²) in [7, 11) is 0. The Hall–Kier alpha value is -5.16. The number of aromatic nitrogens is 4. The summed E-state index contributed by atoms with van der Waals surface area (Å²) in [4.78, 5) is 57.5. The number of amides is 4. The molecule has 2 fully saturated rings. The third-order valence-electron chi connectivity index (χ3n) is 10.4. The Balaban J connectivity index is 1.25. The molecule has 1 unspecified atom stereocenters. The van der Waals surface area contributed by atoms with Gasteiger partial charge in [-0.15, -0.1) is 0 Å². The number of nitrogens with zero attached hydrogens (tertiary/aromatic N) is 6. The lowest BCUT2D eigenvalue weighted by molar-refractivity contribution is -0.137. The van der Waals surface area contributed by atoms with Crippen LogP contribution in [-0.4, -0.2) is 133 Å². The Morgan fingerprint density at radius 2 is 1.59 bits per heavy atom. The standard InChI is InChI=1S/C40H54N10O6/c1-6-41-37(53)33-31(51)32(52)39(56-33)50-23-44-30-34(43-21-29(26-13-9-7-10-14-26)27-15-11-8-12-16-27)46-35(47-36(30)50)38(54)48-19-17-28(22-48)45-40(55)42-18-20-49(24(2)3)25(4)5/h7-16,23-25,28-29,31-33,39,51-52H,6,17-22H2,1-5H3,(H,41,53)(H2,42,45,55)(H,43,46,47)/t28?,31-,32+,33-,39+/m0/s1. The van der Waals surface area contributed by atoms with Crippen LogP contribution in [0, 0.1) is 0 Å². The van der Waals surface area contributed by atoms with Crippen molar-refractivity contribution in [3.05, 3.63) is 83.9 Å². The van der Waals surface area contributed by atoms with Crippen molar-refractivity contribution in [2.24, 2.45) is 0 Å². The van der Waals surface area contributed by atoms with E-state index in [9.17, 15) is 24.6 Å². The van der Waals surface area contributed by atoms with E-state index in [-0.39, 0.29) is 41.8 Å². The van der Waals surface area contributed by atoms with Crippen molar-refractivity contribution in [2.75, 3.05) is 44.6 Å². The zero-order valence-electron chi connectivity index (χ0n) is 32.6. The quantitative estimate of drug-likeness (QED) is 0.104. The van der Waals surface area contributed by atoms with Crippen molar-refractivity contribution in [1.82, 2.24) is 45.3 Å². The number of hydrogen-bond donors (Lipinski definition) is 6. The van der Waals surface area contributed by atoms with Gasteiger partial charge in [-0.25, -0.2) is 19.7 Å². The first kappa shape index (κ1) is 40.5. The van der Waals surface area contributed by atoms with Crippen molar-refractivity contribution in [1.29, 1.82) is 0 Å². The Bertz CT molecular complexity index is 1900. The monoisotopic (exact) mass is 770 g/mol. The van der Waals surface area contributed by atoms with Crippen LogP contribution in [0.1, 0.15) is 74.9 Å². The molecule has 0 aliphatic carbocycles. The lowest BCUT2D eigenvalue weighted by Crippen LogP contribution is -2.47. The molecule has 2 aromatic heterocycles. The summed E-state index contributed by atoms with van der Waals surface area (Å²) < 4.78 is 7.32. The highest BCUT2D eigenvalue weighted by molar-refractivity contribution is 5.95. The summed E-state index contributed by atoms with van der Waals surface area (Å²) >= 11 is 0. The minimum Gasteiger partial charge on any atom is -0.387 e. The second kappa shape index (κ2) is 18.2. The fourth-order valence-corrected chi connectivity index (χ4v) is 7.55. The summed E-state index contributed by atoms with van der Waals surface area (Å²) in [6, 6.07) is 20.2. The smallest absolute Gasteiger partial charge is 0.315 e. The summed E-state index contributed by atoms with van der Waals surface area (Å²) in [6.45, 7) is 12.8. The van der Waals surface area contributed by atoms with Gasteiger partial charge in [0.25, 0.3) is 11.8 Å². The Kier molecular flexibility index (Phi) is 13.2. The molecule has 0 bridgehead atoms.